The van der Waals surface area contributed by atoms with Crippen LogP contribution in [-0.4, -0.2) is 40.3 Å². The zero-order valence-corrected chi connectivity index (χ0v) is 17.3. The summed E-state index contributed by atoms with van der Waals surface area (Å²) in [5.41, 5.74) is 1.64. The van der Waals surface area contributed by atoms with Crippen molar-refractivity contribution in [3.05, 3.63) is 59.4 Å². The molecule has 0 aliphatic carbocycles. The summed E-state index contributed by atoms with van der Waals surface area (Å²) in [6, 6.07) is 11.5. The standard InChI is InChI=1S/C20H26FN3O3S/c1-14-11-16(9-10-19(14)28(4,25)26)13-24-20(22-3)23-12-15(2)27-18-8-6-5-7-17(18)21/h5-11,15H,12-13H2,1-4H3,(H2,22,23,24). The first-order chi connectivity index (χ1) is 13.2. The Hall–Kier alpha value is -2.61. The normalized spacial score (nSPS) is 13.1. The molecule has 1 unspecified atom stereocenters. The van der Waals surface area contributed by atoms with Gasteiger partial charge in [0.05, 0.1) is 11.4 Å². The van der Waals surface area contributed by atoms with E-state index >= 15 is 0 Å². The zero-order valence-electron chi connectivity index (χ0n) is 16.5. The van der Waals surface area contributed by atoms with Crippen molar-refractivity contribution in [1.29, 1.82) is 0 Å². The monoisotopic (exact) mass is 407 g/mol. The number of nitrogens with one attached hydrogen (secondary N) is 2. The van der Waals surface area contributed by atoms with Crippen LogP contribution in [0.4, 0.5) is 4.39 Å². The number of halogens is 1. The molecule has 152 valence electrons. The number of para-hydroxylation sites is 1. The van der Waals surface area contributed by atoms with Gasteiger partial charge in [-0.05, 0) is 43.2 Å². The van der Waals surface area contributed by atoms with E-state index in [-0.39, 0.29) is 11.9 Å². The molecular formula is C20H26FN3O3S. The van der Waals surface area contributed by atoms with Gasteiger partial charge in [0, 0.05) is 19.8 Å². The number of hydrogen-bond acceptors (Lipinski definition) is 4. The number of rotatable bonds is 7. The third kappa shape index (κ3) is 6.23. The predicted molar refractivity (Wildman–Crippen MR) is 109 cm³/mol. The third-order valence-corrected chi connectivity index (χ3v) is 5.30. The molecule has 0 saturated heterocycles. The van der Waals surface area contributed by atoms with Crippen LogP contribution in [0.15, 0.2) is 52.4 Å². The average Bonchev–Trinajstić information content (AvgIpc) is 2.63. The predicted octanol–water partition coefficient (Wildman–Crippen LogP) is 2.67. The minimum Gasteiger partial charge on any atom is -0.486 e. The van der Waals surface area contributed by atoms with Crippen molar-refractivity contribution in [3.63, 3.8) is 0 Å². The van der Waals surface area contributed by atoms with Crippen molar-refractivity contribution in [2.24, 2.45) is 4.99 Å². The van der Waals surface area contributed by atoms with Gasteiger partial charge >= 0.3 is 0 Å². The maximum absolute atomic E-state index is 13.6. The smallest absolute Gasteiger partial charge is 0.191 e. The SMILES string of the molecule is CN=C(NCc1ccc(S(C)(=O)=O)c(C)c1)NCC(C)Oc1ccccc1F. The molecule has 2 aromatic carbocycles. The Bertz CT molecular complexity index is 945. The molecule has 0 aromatic heterocycles. The quantitative estimate of drug-likeness (QED) is 0.545. The van der Waals surface area contributed by atoms with E-state index in [1.54, 1.807) is 44.3 Å². The second-order valence-corrected chi connectivity index (χ2v) is 8.52. The summed E-state index contributed by atoms with van der Waals surface area (Å²) in [5.74, 6) is 0.375. The number of sulfone groups is 1. The maximum atomic E-state index is 13.6. The van der Waals surface area contributed by atoms with E-state index in [4.69, 9.17) is 4.74 Å². The van der Waals surface area contributed by atoms with E-state index in [2.05, 4.69) is 15.6 Å². The number of hydrogen-bond donors (Lipinski definition) is 2. The minimum atomic E-state index is -3.23. The van der Waals surface area contributed by atoms with Crippen LogP contribution in [0.3, 0.4) is 0 Å². The van der Waals surface area contributed by atoms with E-state index in [1.165, 1.54) is 12.3 Å². The Labute approximate surface area is 165 Å². The van der Waals surface area contributed by atoms with Gasteiger partial charge in [-0.25, -0.2) is 12.8 Å². The lowest BCUT2D eigenvalue weighted by molar-refractivity contribution is 0.214. The largest absolute Gasteiger partial charge is 0.486 e. The lowest BCUT2D eigenvalue weighted by Crippen LogP contribution is -2.41. The second-order valence-electron chi connectivity index (χ2n) is 6.54. The highest BCUT2D eigenvalue weighted by Crippen LogP contribution is 2.17. The Morgan fingerprint density at radius 1 is 1.21 bits per heavy atom. The maximum Gasteiger partial charge on any atom is 0.191 e. The summed E-state index contributed by atoms with van der Waals surface area (Å²) < 4.78 is 42.6. The van der Waals surface area contributed by atoms with Crippen LogP contribution in [0.1, 0.15) is 18.1 Å². The fourth-order valence-corrected chi connectivity index (χ4v) is 3.64. The fourth-order valence-electron chi connectivity index (χ4n) is 2.68. The van der Waals surface area contributed by atoms with Gasteiger partial charge in [-0.2, -0.15) is 0 Å². The molecule has 6 nitrogen and oxygen atoms in total. The summed E-state index contributed by atoms with van der Waals surface area (Å²) in [6.07, 6.45) is 0.926. The van der Waals surface area contributed by atoms with Crippen LogP contribution < -0.4 is 15.4 Å². The summed E-state index contributed by atoms with van der Waals surface area (Å²) in [4.78, 5) is 4.48. The van der Waals surface area contributed by atoms with E-state index in [1.807, 2.05) is 13.0 Å². The summed E-state index contributed by atoms with van der Waals surface area (Å²) in [5, 5.41) is 6.29. The van der Waals surface area contributed by atoms with Gasteiger partial charge in [0.2, 0.25) is 0 Å². The molecule has 0 bridgehead atoms. The Kier molecular flexibility index (Phi) is 7.39. The lowest BCUT2D eigenvalue weighted by atomic mass is 10.1. The molecule has 0 aliphatic rings. The Morgan fingerprint density at radius 2 is 1.93 bits per heavy atom. The Morgan fingerprint density at radius 3 is 2.54 bits per heavy atom. The van der Waals surface area contributed by atoms with E-state index in [0.29, 0.717) is 29.5 Å². The molecule has 0 heterocycles. The van der Waals surface area contributed by atoms with Gasteiger partial charge < -0.3 is 15.4 Å². The van der Waals surface area contributed by atoms with Crippen LogP contribution in [0.5, 0.6) is 5.75 Å². The molecule has 0 radical (unpaired) electrons. The second kappa shape index (κ2) is 9.54. The molecule has 2 aromatic rings. The number of ether oxygens (including phenoxy) is 1. The van der Waals surface area contributed by atoms with Gasteiger partial charge in [0.15, 0.2) is 27.4 Å². The zero-order chi connectivity index (χ0) is 20.7. The molecule has 0 aliphatic heterocycles. The topological polar surface area (TPSA) is 79.8 Å². The van der Waals surface area contributed by atoms with Crippen molar-refractivity contribution in [2.45, 2.75) is 31.4 Å². The van der Waals surface area contributed by atoms with E-state index < -0.39 is 15.7 Å². The molecule has 8 heteroatoms. The van der Waals surface area contributed by atoms with Crippen molar-refractivity contribution < 1.29 is 17.5 Å². The molecule has 28 heavy (non-hydrogen) atoms. The molecule has 0 amide bonds. The van der Waals surface area contributed by atoms with Crippen LogP contribution in [0, 0.1) is 12.7 Å². The van der Waals surface area contributed by atoms with Gasteiger partial charge in [-0.3, -0.25) is 4.99 Å². The number of nitrogens with zero attached hydrogens (tertiary/aromatic N) is 1. The van der Waals surface area contributed by atoms with Crippen LogP contribution in [0.2, 0.25) is 0 Å². The molecule has 2 rings (SSSR count). The number of aryl methyl sites for hydroxylation is 1. The van der Waals surface area contributed by atoms with Crippen LogP contribution >= 0.6 is 0 Å². The summed E-state index contributed by atoms with van der Waals surface area (Å²) in [7, 11) is -1.58. The van der Waals surface area contributed by atoms with Crippen molar-refractivity contribution in [3.8, 4) is 5.75 Å². The molecule has 0 fully saturated rings. The number of guanidine groups is 1. The molecule has 0 saturated carbocycles. The molecule has 1 atom stereocenters. The van der Waals surface area contributed by atoms with Gasteiger partial charge in [-0.15, -0.1) is 0 Å². The van der Waals surface area contributed by atoms with Crippen LogP contribution in [-0.2, 0) is 16.4 Å². The molecule has 2 N–H and O–H groups in total. The first-order valence-corrected chi connectivity index (χ1v) is 10.7. The Balaban J connectivity index is 1.88. The highest BCUT2D eigenvalue weighted by Gasteiger charge is 2.12. The lowest BCUT2D eigenvalue weighted by Gasteiger charge is -2.18. The highest BCUT2D eigenvalue weighted by atomic mass is 32.2. The third-order valence-electron chi connectivity index (χ3n) is 4.04. The van der Waals surface area contributed by atoms with Crippen molar-refractivity contribution in [2.75, 3.05) is 19.8 Å². The van der Waals surface area contributed by atoms with Gasteiger partial charge in [0.25, 0.3) is 0 Å². The van der Waals surface area contributed by atoms with Crippen molar-refractivity contribution >= 4 is 15.8 Å². The minimum absolute atomic E-state index is 0.209. The fraction of sp³-hybridized carbons (Fsp3) is 0.350. The number of benzene rings is 2. The molecule has 0 spiro atoms. The number of aliphatic imine (C=N–C) groups is 1. The highest BCUT2D eigenvalue weighted by molar-refractivity contribution is 7.90. The van der Waals surface area contributed by atoms with Gasteiger partial charge in [-0.1, -0.05) is 24.3 Å². The summed E-state index contributed by atoms with van der Waals surface area (Å²) >= 11 is 0. The van der Waals surface area contributed by atoms with Crippen molar-refractivity contribution in [1.82, 2.24) is 10.6 Å². The van der Waals surface area contributed by atoms with Gasteiger partial charge in [0.1, 0.15) is 6.10 Å². The first kappa shape index (κ1) is 21.7. The molecular weight excluding hydrogens is 381 g/mol. The summed E-state index contributed by atoms with van der Waals surface area (Å²) in [6.45, 7) is 4.52. The van der Waals surface area contributed by atoms with E-state index in [9.17, 15) is 12.8 Å². The average molecular weight is 408 g/mol. The van der Waals surface area contributed by atoms with E-state index in [0.717, 1.165) is 5.56 Å². The first-order valence-electron chi connectivity index (χ1n) is 8.86. The van der Waals surface area contributed by atoms with Crippen LogP contribution in [0.25, 0.3) is 0 Å².